The predicted molar refractivity (Wildman–Crippen MR) is 137 cm³/mol. The Morgan fingerprint density at radius 1 is 1.11 bits per heavy atom. The Kier molecular flexibility index (Phi) is 7.72. The van der Waals surface area contributed by atoms with Crippen LogP contribution >= 0.6 is 0 Å². The molecule has 0 saturated heterocycles. The topological polar surface area (TPSA) is 122 Å². The summed E-state index contributed by atoms with van der Waals surface area (Å²) in [6.07, 6.45) is 8.47. The van der Waals surface area contributed by atoms with Gasteiger partial charge in [0.1, 0.15) is 11.4 Å². The fraction of sp³-hybridized carbons (Fsp3) is 0.259. The van der Waals surface area contributed by atoms with Crippen molar-refractivity contribution in [1.82, 2.24) is 15.3 Å². The van der Waals surface area contributed by atoms with Crippen molar-refractivity contribution in [2.24, 2.45) is 5.73 Å². The summed E-state index contributed by atoms with van der Waals surface area (Å²) < 4.78 is 0. The van der Waals surface area contributed by atoms with Gasteiger partial charge in [-0.25, -0.2) is 4.98 Å². The molecule has 35 heavy (non-hydrogen) atoms. The van der Waals surface area contributed by atoms with E-state index in [9.17, 15) is 9.59 Å². The number of carbonyl (C=O) groups excluding carboxylic acids is 2. The number of aromatic nitrogens is 2. The van der Waals surface area contributed by atoms with Gasteiger partial charge < -0.3 is 21.7 Å². The van der Waals surface area contributed by atoms with Crippen molar-refractivity contribution in [2.45, 2.75) is 44.7 Å². The Morgan fingerprint density at radius 2 is 1.94 bits per heavy atom. The highest BCUT2D eigenvalue weighted by Gasteiger charge is 2.27. The van der Waals surface area contributed by atoms with E-state index in [1.54, 1.807) is 6.08 Å². The van der Waals surface area contributed by atoms with E-state index in [0.29, 0.717) is 11.8 Å². The quantitative estimate of drug-likeness (QED) is 0.370. The van der Waals surface area contributed by atoms with Gasteiger partial charge in [-0.15, -0.1) is 0 Å². The van der Waals surface area contributed by atoms with Crippen LogP contribution in [0.25, 0.3) is 6.08 Å². The molecule has 1 saturated carbocycles. The molecule has 8 nitrogen and oxygen atoms in total. The lowest BCUT2D eigenvalue weighted by Gasteiger charge is -2.32. The summed E-state index contributed by atoms with van der Waals surface area (Å²) in [7, 11) is 0. The molecule has 1 aliphatic carbocycles. The van der Waals surface area contributed by atoms with Crippen LogP contribution < -0.4 is 21.7 Å². The van der Waals surface area contributed by atoms with E-state index in [1.807, 2.05) is 55.5 Å². The molecule has 179 valence electrons. The highest BCUT2D eigenvalue weighted by atomic mass is 16.1. The summed E-state index contributed by atoms with van der Waals surface area (Å²) in [6.45, 7) is 1.98. The number of anilines is 3. The molecule has 4 rings (SSSR count). The Bertz CT molecular complexity index is 1210. The van der Waals surface area contributed by atoms with E-state index in [0.717, 1.165) is 42.5 Å². The molecule has 1 heterocycles. The molecule has 3 aromatic rings. The lowest BCUT2D eigenvalue weighted by atomic mass is 9.90. The lowest BCUT2D eigenvalue weighted by molar-refractivity contribution is -0.117. The lowest BCUT2D eigenvalue weighted by Crippen LogP contribution is -2.48. The predicted octanol–water partition coefficient (Wildman–Crippen LogP) is 3.98. The van der Waals surface area contributed by atoms with Crippen molar-refractivity contribution in [3.63, 3.8) is 0 Å². The average molecular weight is 470 g/mol. The van der Waals surface area contributed by atoms with Crippen molar-refractivity contribution >= 4 is 35.3 Å². The van der Waals surface area contributed by atoms with Crippen LogP contribution in [0.15, 0.2) is 60.8 Å². The summed E-state index contributed by atoms with van der Waals surface area (Å²) in [5, 5.41) is 9.63. The Hall–Kier alpha value is -4.20. The number of nitrogens with zero attached hydrogens (tertiary/aromatic N) is 2. The molecule has 0 bridgehead atoms. The van der Waals surface area contributed by atoms with E-state index in [2.05, 4.69) is 32.0 Å². The second kappa shape index (κ2) is 11.3. The fourth-order valence-corrected chi connectivity index (χ4v) is 4.14. The van der Waals surface area contributed by atoms with Crippen LogP contribution in [0.2, 0.25) is 0 Å². The number of nitrogens with one attached hydrogen (secondary N) is 3. The van der Waals surface area contributed by atoms with E-state index < -0.39 is 5.91 Å². The third-order valence-electron chi connectivity index (χ3n) is 5.89. The summed E-state index contributed by atoms with van der Waals surface area (Å²) in [4.78, 5) is 33.3. The van der Waals surface area contributed by atoms with Crippen LogP contribution in [0, 0.1) is 13.0 Å². The van der Waals surface area contributed by atoms with Crippen molar-refractivity contribution in [2.75, 3.05) is 10.6 Å². The van der Waals surface area contributed by atoms with Gasteiger partial charge in [-0.1, -0.05) is 49.2 Å². The Morgan fingerprint density at radius 3 is 2.69 bits per heavy atom. The first-order valence-electron chi connectivity index (χ1n) is 11.7. The minimum absolute atomic E-state index is 0.0457. The molecule has 0 unspecified atom stereocenters. The summed E-state index contributed by atoms with van der Waals surface area (Å²) in [5.41, 5.74) is 8.46. The number of primary amides is 1. The minimum Gasteiger partial charge on any atom is -0.365 e. The van der Waals surface area contributed by atoms with Gasteiger partial charge >= 0.3 is 0 Å². The van der Waals surface area contributed by atoms with Crippen molar-refractivity contribution in [3.8, 4) is 0 Å². The minimum atomic E-state index is -0.614. The molecular weight excluding hydrogens is 440 g/mol. The number of amides is 2. The number of carbonyl (C=O) groups is 2. The number of rotatable bonds is 8. The molecule has 2 atom stereocenters. The van der Waals surface area contributed by atoms with Crippen LogP contribution in [0.3, 0.4) is 0 Å². The average Bonchev–Trinajstić information content (AvgIpc) is 2.85. The Labute approximate surface area is 205 Å². The monoisotopic (exact) mass is 469 g/mol. The smallest absolute Gasteiger partial charge is 0.254 e. The van der Waals surface area contributed by atoms with Gasteiger partial charge in [-0.3, -0.25) is 9.59 Å². The standard InChI is InChI=1S/C27H29N6O2/c1-18-8-7-11-20(16-18)30-26-21(25(28)35)17-29-27(33-26)32-23-13-6-5-12-22(23)31-24(34)15-14-19-9-3-2-4-10-19/h2-4,7-9,11,14-17,22-23H,5-6,12-13H2,1H3,(H2,28,35)(H,31,34)(H2,29,30,32,33)/b15-14-/t22-,23+/m0/s1. The zero-order valence-electron chi connectivity index (χ0n) is 19.6. The van der Waals surface area contributed by atoms with Gasteiger partial charge in [0, 0.05) is 30.0 Å². The largest absolute Gasteiger partial charge is 0.365 e. The second-order valence-electron chi connectivity index (χ2n) is 8.62. The second-order valence-corrected chi connectivity index (χ2v) is 8.62. The zero-order chi connectivity index (χ0) is 24.6. The molecule has 2 amide bonds. The maximum absolute atomic E-state index is 12.6. The van der Waals surface area contributed by atoms with E-state index in [1.165, 1.54) is 12.3 Å². The van der Waals surface area contributed by atoms with E-state index in [-0.39, 0.29) is 23.6 Å². The SMILES string of the molecule is Cc1cccc(Nc2nc(N[C@@H]3CCCC[C@@H]3NC(=O)/C=C\c3[c]cccc3)ncc2C(N)=O)c1. The molecule has 1 aromatic heterocycles. The highest BCUT2D eigenvalue weighted by Crippen LogP contribution is 2.24. The molecule has 8 heteroatoms. The number of hydrogen-bond acceptors (Lipinski definition) is 6. The highest BCUT2D eigenvalue weighted by molar-refractivity contribution is 5.98. The maximum atomic E-state index is 12.6. The van der Waals surface area contributed by atoms with Crippen LogP contribution in [-0.2, 0) is 4.79 Å². The number of hydrogen-bond donors (Lipinski definition) is 4. The van der Waals surface area contributed by atoms with Gasteiger partial charge in [0.05, 0.1) is 0 Å². The van der Waals surface area contributed by atoms with Crippen molar-refractivity contribution in [3.05, 3.63) is 83.6 Å². The van der Waals surface area contributed by atoms with Crippen LogP contribution in [0.4, 0.5) is 17.5 Å². The van der Waals surface area contributed by atoms with Gasteiger partial charge in [0.25, 0.3) is 5.91 Å². The number of aryl methyl sites for hydroxylation is 1. The molecule has 1 aliphatic rings. The molecule has 0 spiro atoms. The molecule has 0 aliphatic heterocycles. The maximum Gasteiger partial charge on any atom is 0.254 e. The molecular formula is C27H29N6O2. The van der Waals surface area contributed by atoms with E-state index in [4.69, 9.17) is 5.73 Å². The molecule has 2 aromatic carbocycles. The molecule has 1 radical (unpaired) electrons. The first-order valence-corrected chi connectivity index (χ1v) is 11.7. The van der Waals surface area contributed by atoms with Crippen molar-refractivity contribution in [1.29, 1.82) is 0 Å². The summed E-state index contributed by atoms with van der Waals surface area (Å²) in [6, 6.07) is 18.2. The first-order chi connectivity index (χ1) is 17.0. The Balaban J connectivity index is 1.47. The number of benzene rings is 2. The van der Waals surface area contributed by atoms with Gasteiger partial charge in [-0.05, 0) is 55.2 Å². The number of nitrogens with two attached hydrogens (primary N) is 1. The van der Waals surface area contributed by atoms with Crippen molar-refractivity contribution < 1.29 is 9.59 Å². The molecule has 5 N–H and O–H groups in total. The summed E-state index contributed by atoms with van der Waals surface area (Å²) in [5.74, 6) is -0.0746. The summed E-state index contributed by atoms with van der Waals surface area (Å²) >= 11 is 0. The first kappa shape index (κ1) is 23.9. The van der Waals surface area contributed by atoms with Crippen LogP contribution in [-0.4, -0.2) is 33.9 Å². The third kappa shape index (κ3) is 6.66. The normalized spacial score (nSPS) is 17.6. The van der Waals surface area contributed by atoms with Crippen LogP contribution in [0.5, 0.6) is 0 Å². The van der Waals surface area contributed by atoms with Gasteiger partial charge in [0.15, 0.2) is 0 Å². The third-order valence-corrected chi connectivity index (χ3v) is 5.89. The molecule has 1 fully saturated rings. The van der Waals surface area contributed by atoms with E-state index >= 15 is 0 Å². The van der Waals surface area contributed by atoms with Crippen LogP contribution in [0.1, 0.15) is 47.2 Å². The zero-order valence-corrected chi connectivity index (χ0v) is 19.6. The van der Waals surface area contributed by atoms with Gasteiger partial charge in [0.2, 0.25) is 11.9 Å². The fourth-order valence-electron chi connectivity index (χ4n) is 4.14. The van der Waals surface area contributed by atoms with Gasteiger partial charge in [-0.2, -0.15) is 4.98 Å².